The molecule has 0 aromatic heterocycles. The van der Waals surface area contributed by atoms with Gasteiger partial charge in [-0.1, -0.05) is 79.8 Å². The predicted octanol–water partition coefficient (Wildman–Crippen LogP) is 5.43. The monoisotopic (exact) mass is 598 g/mol. The third-order valence-electron chi connectivity index (χ3n) is 4.95. The van der Waals surface area contributed by atoms with E-state index in [-0.39, 0.29) is 13.0 Å². The largest absolute Gasteiger partial charge is 0.472 e. The summed E-state index contributed by atoms with van der Waals surface area (Å²) >= 11 is 0. The minimum Gasteiger partial charge on any atom is -0.462 e. The number of allylic oxidation sites excluding steroid dienone is 12. The van der Waals surface area contributed by atoms with Crippen LogP contribution in [0.4, 0.5) is 0 Å². The first-order valence-corrected chi connectivity index (χ1v) is 15.3. The average molecular weight is 599 g/mol. The summed E-state index contributed by atoms with van der Waals surface area (Å²) in [5.41, 5.74) is 0. The first kappa shape index (κ1) is 38.4. The van der Waals surface area contributed by atoms with Gasteiger partial charge in [-0.3, -0.25) is 18.6 Å². The second-order valence-electron chi connectivity index (χ2n) is 8.76. The van der Waals surface area contributed by atoms with Gasteiger partial charge in [0.15, 0.2) is 6.10 Å². The summed E-state index contributed by atoms with van der Waals surface area (Å²) in [6, 6.07) is 0. The molecule has 0 aromatic rings. The van der Waals surface area contributed by atoms with Crippen molar-refractivity contribution >= 4 is 19.8 Å². The van der Waals surface area contributed by atoms with Gasteiger partial charge < -0.3 is 24.6 Å². The van der Waals surface area contributed by atoms with Crippen molar-refractivity contribution in [2.75, 3.05) is 26.4 Å². The van der Waals surface area contributed by atoms with Gasteiger partial charge in [0.1, 0.15) is 12.7 Å². The molecule has 0 rings (SSSR count). The van der Waals surface area contributed by atoms with Gasteiger partial charge >= 0.3 is 19.8 Å². The van der Waals surface area contributed by atoms with E-state index < -0.39 is 51.8 Å². The van der Waals surface area contributed by atoms with Crippen molar-refractivity contribution in [3.63, 3.8) is 0 Å². The maximum atomic E-state index is 12.2. The van der Waals surface area contributed by atoms with E-state index in [0.29, 0.717) is 6.42 Å². The van der Waals surface area contributed by atoms with Crippen LogP contribution in [0.5, 0.6) is 0 Å². The molecular weight excluding hydrogens is 551 g/mol. The summed E-state index contributed by atoms with van der Waals surface area (Å²) in [5.74, 6) is -1.23. The zero-order valence-corrected chi connectivity index (χ0v) is 25.1. The second kappa shape index (κ2) is 26.3. The molecule has 0 aliphatic heterocycles. The molecule has 3 N–H and O–H groups in total. The van der Waals surface area contributed by atoms with Crippen LogP contribution in [-0.2, 0) is 32.7 Å². The summed E-state index contributed by atoms with van der Waals surface area (Å²) in [4.78, 5) is 32.9. The Labute approximate surface area is 244 Å². The molecular formula is C30H47O10P. The summed E-state index contributed by atoms with van der Waals surface area (Å²) in [6.45, 7) is 1.04. The van der Waals surface area contributed by atoms with E-state index in [2.05, 4.69) is 66.1 Å². The normalized spacial score (nSPS) is 15.5. The molecule has 0 aliphatic carbocycles. The van der Waals surface area contributed by atoms with Gasteiger partial charge in [0, 0.05) is 13.3 Å². The summed E-state index contributed by atoms with van der Waals surface area (Å²) in [5, 5.41) is 17.9. The van der Waals surface area contributed by atoms with E-state index in [0.717, 1.165) is 45.4 Å². The summed E-state index contributed by atoms with van der Waals surface area (Å²) < 4.78 is 31.2. The quantitative estimate of drug-likeness (QED) is 0.0746. The maximum Gasteiger partial charge on any atom is 0.472 e. The van der Waals surface area contributed by atoms with E-state index in [1.165, 1.54) is 0 Å². The van der Waals surface area contributed by atoms with Crippen molar-refractivity contribution in [2.24, 2.45) is 0 Å². The Hall–Kier alpha value is -2.59. The van der Waals surface area contributed by atoms with Crippen LogP contribution in [0.25, 0.3) is 0 Å². The number of ether oxygens (including phenoxy) is 2. The highest BCUT2D eigenvalue weighted by molar-refractivity contribution is 7.47. The Kier molecular flexibility index (Phi) is 24.7. The predicted molar refractivity (Wildman–Crippen MR) is 159 cm³/mol. The Morgan fingerprint density at radius 1 is 0.756 bits per heavy atom. The first-order chi connectivity index (χ1) is 19.7. The number of aliphatic hydroxyl groups is 2. The molecule has 0 aliphatic rings. The second-order valence-corrected chi connectivity index (χ2v) is 10.2. The summed E-state index contributed by atoms with van der Waals surface area (Å²) in [6.07, 6.45) is 28.6. The van der Waals surface area contributed by atoms with Crippen molar-refractivity contribution in [1.82, 2.24) is 0 Å². The molecule has 3 unspecified atom stereocenters. The minimum atomic E-state index is -4.59. The molecule has 0 fully saturated rings. The lowest BCUT2D eigenvalue weighted by atomic mass is 10.2. The van der Waals surface area contributed by atoms with Gasteiger partial charge in [-0.25, -0.2) is 4.57 Å². The van der Waals surface area contributed by atoms with Crippen molar-refractivity contribution < 1.29 is 47.8 Å². The van der Waals surface area contributed by atoms with E-state index >= 15 is 0 Å². The number of aliphatic hydroxyl groups excluding tert-OH is 2. The highest BCUT2D eigenvalue weighted by Crippen LogP contribution is 2.43. The lowest BCUT2D eigenvalue weighted by molar-refractivity contribution is -0.160. The van der Waals surface area contributed by atoms with Crippen molar-refractivity contribution in [1.29, 1.82) is 0 Å². The first-order valence-electron chi connectivity index (χ1n) is 13.8. The van der Waals surface area contributed by atoms with Crippen LogP contribution < -0.4 is 0 Å². The molecule has 10 nitrogen and oxygen atoms in total. The molecule has 0 radical (unpaired) electrons. The molecule has 0 spiro atoms. The van der Waals surface area contributed by atoms with Crippen LogP contribution in [0.2, 0.25) is 0 Å². The van der Waals surface area contributed by atoms with Gasteiger partial charge in [-0.05, 0) is 44.9 Å². The highest BCUT2D eigenvalue weighted by Gasteiger charge is 2.26. The lowest BCUT2D eigenvalue weighted by Gasteiger charge is -2.20. The van der Waals surface area contributed by atoms with Crippen molar-refractivity contribution in [3.8, 4) is 0 Å². The molecule has 0 amide bonds. The van der Waals surface area contributed by atoms with E-state index in [4.69, 9.17) is 19.1 Å². The van der Waals surface area contributed by atoms with Crippen molar-refractivity contribution in [3.05, 3.63) is 72.9 Å². The number of phosphoric ester groups is 1. The fraction of sp³-hybridized carbons (Fsp3) is 0.533. The fourth-order valence-electron chi connectivity index (χ4n) is 2.86. The summed E-state index contributed by atoms with van der Waals surface area (Å²) in [7, 11) is -4.59. The number of hydrogen-bond acceptors (Lipinski definition) is 9. The van der Waals surface area contributed by atoms with E-state index in [9.17, 15) is 24.2 Å². The van der Waals surface area contributed by atoms with Gasteiger partial charge in [0.2, 0.25) is 0 Å². The molecule has 11 heteroatoms. The van der Waals surface area contributed by atoms with E-state index in [1.54, 1.807) is 0 Å². The van der Waals surface area contributed by atoms with E-state index in [1.807, 2.05) is 18.2 Å². The number of rotatable bonds is 24. The van der Waals surface area contributed by atoms with Crippen LogP contribution in [0.3, 0.4) is 0 Å². The SMILES string of the molecule is CC/C=C\C/C=C\C/C=C\C/C=C\C/C=C\C/C=C\CCC(=O)OC(COC(C)=O)COP(=O)(O)OCC(O)CO. The number of hydrogen-bond donors (Lipinski definition) is 3. The molecule has 0 heterocycles. The van der Waals surface area contributed by atoms with Gasteiger partial charge in [-0.15, -0.1) is 0 Å². The Bertz CT molecular complexity index is 920. The fourth-order valence-corrected chi connectivity index (χ4v) is 3.65. The van der Waals surface area contributed by atoms with Crippen LogP contribution in [0, 0.1) is 0 Å². The van der Waals surface area contributed by atoms with Gasteiger partial charge in [0.25, 0.3) is 0 Å². The van der Waals surface area contributed by atoms with Gasteiger partial charge in [-0.2, -0.15) is 0 Å². The Morgan fingerprint density at radius 2 is 1.22 bits per heavy atom. The third kappa shape index (κ3) is 27.4. The Morgan fingerprint density at radius 3 is 1.68 bits per heavy atom. The van der Waals surface area contributed by atoms with Gasteiger partial charge in [0.05, 0.1) is 19.8 Å². The molecule has 3 atom stereocenters. The topological polar surface area (TPSA) is 149 Å². The smallest absolute Gasteiger partial charge is 0.462 e. The molecule has 0 bridgehead atoms. The standard InChI is InChI=1S/C30H47O10P/c1-3-4-5-6-7-8-9-10-11-12-13-14-15-16-17-18-19-20-21-22-30(34)40-29(25-37-27(2)32)26-39-41(35,36)38-24-28(33)23-31/h4-5,7-8,10-11,13-14,16-17,19-20,28-29,31,33H,3,6,9,12,15,18,21-26H2,1-2H3,(H,35,36)/b5-4-,8-7-,11-10-,14-13-,17-16-,20-19-. The number of carbonyl (C=O) groups is 2. The zero-order chi connectivity index (χ0) is 30.6. The molecule has 0 aromatic carbocycles. The number of phosphoric acid groups is 1. The number of carbonyl (C=O) groups excluding carboxylic acids is 2. The maximum absolute atomic E-state index is 12.2. The van der Waals surface area contributed by atoms with Crippen LogP contribution in [0.1, 0.15) is 65.2 Å². The van der Waals surface area contributed by atoms with Crippen LogP contribution >= 0.6 is 7.82 Å². The average Bonchev–Trinajstić information content (AvgIpc) is 2.94. The highest BCUT2D eigenvalue weighted by atomic mass is 31.2. The molecule has 0 saturated heterocycles. The number of esters is 2. The van der Waals surface area contributed by atoms with Crippen LogP contribution in [0.15, 0.2) is 72.9 Å². The van der Waals surface area contributed by atoms with Crippen LogP contribution in [-0.4, -0.2) is 65.7 Å². The Balaban J connectivity index is 4.20. The zero-order valence-electron chi connectivity index (χ0n) is 24.2. The molecule has 232 valence electrons. The minimum absolute atomic E-state index is 0.0503. The lowest BCUT2D eigenvalue weighted by Crippen LogP contribution is -2.29. The molecule has 41 heavy (non-hydrogen) atoms. The van der Waals surface area contributed by atoms with Crippen molar-refractivity contribution in [2.45, 2.75) is 77.4 Å². The molecule has 0 saturated carbocycles. The third-order valence-corrected chi connectivity index (χ3v) is 5.90.